The number of hydrogen-bond donors (Lipinski definition) is 4. The molecule has 3 radical (unpaired) electrons. The Kier molecular flexibility index (Phi) is 19.1. The number of aromatic carboxylic acids is 1. The van der Waals surface area contributed by atoms with Crippen LogP contribution in [0, 0.1) is 6.33 Å². The summed E-state index contributed by atoms with van der Waals surface area (Å²) in [4.78, 5) is 40.9. The number of carboxylic acid groups (broad SMARTS) is 1. The largest absolute Gasteiger partial charge is 0.487 e. The third-order valence-electron chi connectivity index (χ3n) is 2.93. The Morgan fingerprint density at radius 1 is 1.15 bits per heavy atom. The molecule has 0 aliphatic carbocycles. The minimum absolute atomic E-state index is 0. The second kappa shape index (κ2) is 15.7. The van der Waals surface area contributed by atoms with Crippen molar-refractivity contribution >= 4 is 17.8 Å². The van der Waals surface area contributed by atoms with Crippen LogP contribution in [-0.4, -0.2) is 39.9 Å². The van der Waals surface area contributed by atoms with Crippen LogP contribution in [0.5, 0.6) is 0 Å². The van der Waals surface area contributed by atoms with Crippen molar-refractivity contribution in [1.29, 1.82) is 0 Å². The molecule has 2 rings (SSSR count). The van der Waals surface area contributed by atoms with E-state index in [4.69, 9.17) is 5.11 Å². The van der Waals surface area contributed by atoms with E-state index in [2.05, 4.69) is 26.9 Å². The molecule has 2 aromatic rings. The standard InChI is InChI=1S/C14H13N4O4.W.3Y/c1-15-12(19)9(8-5-3-2-4-6-8)18-13(20)10-11(14(21)22)17-7-16-10;;;;/h2-6,9H,1H3,(H,15,19)(H,16,17)(H,18,20)(H,21,22);;;;/q-1;;;;. The van der Waals surface area contributed by atoms with Crippen molar-refractivity contribution in [3.05, 3.63) is 53.6 Å². The predicted molar refractivity (Wildman–Crippen MR) is 75.1 cm³/mol. The van der Waals surface area contributed by atoms with Crippen LogP contribution in [0.4, 0.5) is 0 Å². The van der Waals surface area contributed by atoms with Crippen molar-refractivity contribution in [2.24, 2.45) is 0 Å². The molecule has 4 N–H and O–H groups in total. The Balaban J connectivity index is -0.00000132. The maximum Gasteiger partial charge on any atom is 0.285 e. The molecule has 0 aliphatic rings. The van der Waals surface area contributed by atoms with E-state index < -0.39 is 23.8 Å². The van der Waals surface area contributed by atoms with Gasteiger partial charge in [0.2, 0.25) is 11.8 Å². The fourth-order valence-corrected chi connectivity index (χ4v) is 1.86. The van der Waals surface area contributed by atoms with Gasteiger partial charge < -0.3 is 25.7 Å². The molecule has 1 aromatic carbocycles. The average molecular weight is 752 g/mol. The minimum Gasteiger partial charge on any atom is -0.487 e. The molecule has 0 bridgehead atoms. The van der Waals surface area contributed by atoms with Crippen molar-refractivity contribution in [2.45, 2.75) is 6.04 Å². The number of nitrogens with zero attached hydrogens (tertiary/aromatic N) is 1. The number of benzene rings is 1. The molecule has 0 fully saturated rings. The first-order valence-corrected chi connectivity index (χ1v) is 6.31. The first-order chi connectivity index (χ1) is 10.5. The zero-order valence-corrected chi connectivity index (χ0v) is 25.2. The first-order valence-electron chi connectivity index (χ1n) is 6.31. The Bertz CT molecular complexity index is 715. The quantitative estimate of drug-likeness (QED) is 0.324. The smallest absolute Gasteiger partial charge is 0.285 e. The zero-order valence-electron chi connectivity index (χ0n) is 13.7. The third kappa shape index (κ3) is 8.46. The molecule has 1 aromatic heterocycles. The Hall–Kier alpha value is 0.840. The molecular formula is C14H13N4O4WY3-. The number of carboxylic acids is 1. The number of likely N-dealkylation sites (N-methyl/N-ethyl adjacent to an activating group) is 1. The molecule has 0 spiro atoms. The van der Waals surface area contributed by atoms with Gasteiger partial charge in [0.1, 0.15) is 6.04 Å². The summed E-state index contributed by atoms with van der Waals surface area (Å²) in [5.41, 5.74) is -0.162. The van der Waals surface area contributed by atoms with E-state index in [1.54, 1.807) is 30.3 Å². The molecular weight excluding hydrogens is 739 g/mol. The van der Waals surface area contributed by atoms with Crippen LogP contribution in [-0.2, 0) is 124 Å². The number of amides is 2. The normalized spacial score (nSPS) is 9.73. The van der Waals surface area contributed by atoms with E-state index in [0.29, 0.717) is 5.56 Å². The SMILES string of the molecule is CNC(=O)C(NC(=O)c1n[c-][nH]c1C(=O)O)c1ccccc1.[W].[Y].[Y].[Y]. The molecule has 0 saturated carbocycles. The van der Waals surface area contributed by atoms with Gasteiger partial charge in [-0.05, 0) is 11.9 Å². The van der Waals surface area contributed by atoms with E-state index in [9.17, 15) is 14.4 Å². The van der Waals surface area contributed by atoms with E-state index in [1.165, 1.54) is 7.05 Å². The molecule has 8 nitrogen and oxygen atoms in total. The van der Waals surface area contributed by atoms with Crippen molar-refractivity contribution in [1.82, 2.24) is 20.6 Å². The number of imidazole rings is 1. The molecule has 12 heteroatoms. The zero-order chi connectivity index (χ0) is 16.1. The Labute approximate surface area is 240 Å². The van der Waals surface area contributed by atoms with E-state index in [0.717, 1.165) is 0 Å². The fraction of sp³-hybridized carbons (Fsp3) is 0.143. The maximum atomic E-state index is 12.2. The van der Waals surface area contributed by atoms with Crippen molar-refractivity contribution in [3.63, 3.8) is 0 Å². The van der Waals surface area contributed by atoms with Crippen LogP contribution in [0.3, 0.4) is 0 Å². The number of carbonyl (C=O) groups is 3. The molecule has 1 heterocycles. The number of aromatic nitrogens is 2. The van der Waals surface area contributed by atoms with Gasteiger partial charge in [-0.25, -0.2) is 0 Å². The Morgan fingerprint density at radius 2 is 1.73 bits per heavy atom. The number of aromatic amines is 1. The summed E-state index contributed by atoms with van der Waals surface area (Å²) in [6.45, 7) is 0. The number of H-pyrrole nitrogens is 1. The summed E-state index contributed by atoms with van der Waals surface area (Å²) in [6, 6.07) is 7.61. The summed E-state index contributed by atoms with van der Waals surface area (Å²) in [5, 5.41) is 13.9. The van der Waals surface area contributed by atoms with Gasteiger partial charge in [-0.3, -0.25) is 14.4 Å². The first kappa shape index (κ1) is 31.5. The van der Waals surface area contributed by atoms with Crippen LogP contribution >= 0.6 is 0 Å². The third-order valence-corrected chi connectivity index (χ3v) is 2.93. The topological polar surface area (TPSA) is 124 Å². The van der Waals surface area contributed by atoms with E-state index in [-0.39, 0.29) is 131 Å². The van der Waals surface area contributed by atoms with Gasteiger partial charge in [0.15, 0.2) is 0 Å². The van der Waals surface area contributed by atoms with Crippen LogP contribution in [0.2, 0.25) is 0 Å². The van der Waals surface area contributed by atoms with Crippen molar-refractivity contribution < 1.29 is 139 Å². The summed E-state index contributed by atoms with van der Waals surface area (Å²) < 4.78 is 0. The van der Waals surface area contributed by atoms with Crippen LogP contribution in [0.1, 0.15) is 32.6 Å². The molecule has 0 saturated heterocycles. The van der Waals surface area contributed by atoms with E-state index in [1.807, 2.05) is 0 Å². The van der Waals surface area contributed by atoms with Gasteiger partial charge in [-0.15, -0.1) is 0 Å². The average Bonchev–Trinajstić information content (AvgIpc) is 3.02. The monoisotopic (exact) mass is 752 g/mol. The van der Waals surface area contributed by atoms with Gasteiger partial charge in [0, 0.05) is 138 Å². The van der Waals surface area contributed by atoms with Gasteiger partial charge in [-0.1, -0.05) is 30.3 Å². The molecule has 1 atom stereocenters. The second-order valence-corrected chi connectivity index (χ2v) is 4.31. The number of nitrogens with one attached hydrogen (secondary N) is 3. The Morgan fingerprint density at radius 3 is 2.23 bits per heavy atom. The summed E-state index contributed by atoms with van der Waals surface area (Å²) in [6.07, 6.45) is 2.20. The van der Waals surface area contributed by atoms with Gasteiger partial charge in [0.05, 0.1) is 0 Å². The summed E-state index contributed by atoms with van der Waals surface area (Å²) in [5.74, 6) is -2.56. The van der Waals surface area contributed by atoms with Crippen molar-refractivity contribution in [3.8, 4) is 0 Å². The van der Waals surface area contributed by atoms with Crippen LogP contribution in [0.25, 0.3) is 0 Å². The maximum absolute atomic E-state index is 12.2. The molecule has 1 unspecified atom stereocenters. The van der Waals surface area contributed by atoms with Gasteiger partial charge in [0.25, 0.3) is 5.97 Å². The molecule has 0 aliphatic heterocycles. The molecule has 2 amide bonds. The number of carbonyl (C=O) groups excluding carboxylic acids is 2. The minimum atomic E-state index is -1.34. The summed E-state index contributed by atoms with van der Waals surface area (Å²) >= 11 is 0. The van der Waals surface area contributed by atoms with Gasteiger partial charge in [-0.2, -0.15) is 0 Å². The molecule has 26 heavy (non-hydrogen) atoms. The van der Waals surface area contributed by atoms with Crippen LogP contribution < -0.4 is 10.6 Å². The van der Waals surface area contributed by atoms with Crippen molar-refractivity contribution in [2.75, 3.05) is 7.05 Å². The van der Waals surface area contributed by atoms with E-state index >= 15 is 0 Å². The van der Waals surface area contributed by atoms with Gasteiger partial charge >= 0.3 is 0 Å². The second-order valence-electron chi connectivity index (χ2n) is 4.31. The number of hydrogen-bond acceptors (Lipinski definition) is 4. The number of rotatable bonds is 5. The summed E-state index contributed by atoms with van der Waals surface area (Å²) in [7, 11) is 1.44. The predicted octanol–water partition coefficient (Wildman–Crippen LogP) is 0.115. The fourth-order valence-electron chi connectivity index (χ4n) is 1.86. The van der Waals surface area contributed by atoms with Crippen LogP contribution in [0.15, 0.2) is 30.3 Å². The molecule has 129 valence electrons.